The molecule has 0 aliphatic carbocycles. The molecule has 0 aromatic heterocycles. The quantitative estimate of drug-likeness (QED) is 0.812. The molecular formula is C15H32N2. The van der Waals surface area contributed by atoms with E-state index in [9.17, 15) is 0 Å². The Balaban J connectivity index is 2.37. The Hall–Kier alpha value is -0.0800. The molecule has 1 N–H and O–H groups in total. The fraction of sp³-hybridized carbons (Fsp3) is 1.00. The first kappa shape index (κ1) is 15.0. The Morgan fingerprint density at radius 1 is 1.06 bits per heavy atom. The van der Waals surface area contributed by atoms with Crippen molar-refractivity contribution >= 4 is 0 Å². The van der Waals surface area contributed by atoms with E-state index in [4.69, 9.17) is 0 Å². The highest BCUT2D eigenvalue weighted by atomic mass is 15.2. The molecule has 1 aliphatic rings. The van der Waals surface area contributed by atoms with Crippen molar-refractivity contribution in [2.75, 3.05) is 26.2 Å². The molecule has 0 bridgehead atoms. The van der Waals surface area contributed by atoms with E-state index in [1.54, 1.807) is 0 Å². The molecule has 2 nitrogen and oxygen atoms in total. The van der Waals surface area contributed by atoms with Crippen molar-refractivity contribution in [2.45, 2.75) is 59.9 Å². The van der Waals surface area contributed by atoms with Crippen LogP contribution in [0, 0.1) is 11.3 Å². The van der Waals surface area contributed by atoms with Crippen molar-refractivity contribution in [1.29, 1.82) is 0 Å². The molecule has 0 radical (unpaired) electrons. The Labute approximate surface area is 108 Å². The van der Waals surface area contributed by atoms with Gasteiger partial charge in [-0.05, 0) is 57.7 Å². The maximum Gasteiger partial charge on any atom is 0.0252 e. The van der Waals surface area contributed by atoms with Gasteiger partial charge in [0.15, 0.2) is 0 Å². The zero-order valence-electron chi connectivity index (χ0n) is 12.8. The number of nitrogens with zero attached hydrogens (tertiary/aromatic N) is 1. The molecule has 0 saturated carbocycles. The molecule has 1 heterocycles. The van der Waals surface area contributed by atoms with Gasteiger partial charge in [0.25, 0.3) is 0 Å². The number of nitrogens with one attached hydrogen (secondary N) is 1. The molecule has 1 saturated heterocycles. The van der Waals surface area contributed by atoms with Crippen LogP contribution in [0.1, 0.15) is 54.4 Å². The van der Waals surface area contributed by atoms with Gasteiger partial charge in [-0.3, -0.25) is 0 Å². The highest BCUT2D eigenvalue weighted by Gasteiger charge is 2.30. The van der Waals surface area contributed by atoms with Crippen LogP contribution in [0.25, 0.3) is 0 Å². The molecule has 0 aromatic rings. The zero-order chi connectivity index (χ0) is 13.1. The molecule has 2 heteroatoms. The SMILES string of the molecule is CCNC(C)(C)CN1CCC(C(C)(C)C)CC1. The van der Waals surface area contributed by atoms with Gasteiger partial charge in [-0.25, -0.2) is 0 Å². The highest BCUT2D eigenvalue weighted by Crippen LogP contribution is 2.34. The fourth-order valence-corrected chi connectivity index (χ4v) is 3.05. The van der Waals surface area contributed by atoms with Gasteiger partial charge >= 0.3 is 0 Å². The van der Waals surface area contributed by atoms with Gasteiger partial charge in [0.2, 0.25) is 0 Å². The van der Waals surface area contributed by atoms with Gasteiger partial charge in [-0.15, -0.1) is 0 Å². The van der Waals surface area contributed by atoms with Crippen molar-refractivity contribution < 1.29 is 0 Å². The molecule has 0 unspecified atom stereocenters. The monoisotopic (exact) mass is 240 g/mol. The second-order valence-electron chi connectivity index (χ2n) is 7.33. The van der Waals surface area contributed by atoms with E-state index >= 15 is 0 Å². The lowest BCUT2D eigenvalue weighted by atomic mass is 9.75. The summed E-state index contributed by atoms with van der Waals surface area (Å²) in [5.41, 5.74) is 0.743. The topological polar surface area (TPSA) is 15.3 Å². The van der Waals surface area contributed by atoms with Gasteiger partial charge in [-0.1, -0.05) is 27.7 Å². The fourth-order valence-electron chi connectivity index (χ4n) is 3.05. The number of piperidine rings is 1. The van der Waals surface area contributed by atoms with E-state index in [2.05, 4.69) is 51.8 Å². The number of rotatable bonds is 4. The Bertz CT molecular complexity index is 220. The Morgan fingerprint density at radius 2 is 1.59 bits per heavy atom. The van der Waals surface area contributed by atoms with E-state index in [0.29, 0.717) is 5.41 Å². The van der Waals surface area contributed by atoms with Crippen LogP contribution in [0.4, 0.5) is 0 Å². The van der Waals surface area contributed by atoms with Crippen LogP contribution in [0.2, 0.25) is 0 Å². The molecule has 0 aromatic carbocycles. The molecule has 102 valence electrons. The lowest BCUT2D eigenvalue weighted by Gasteiger charge is -2.41. The van der Waals surface area contributed by atoms with Crippen molar-refractivity contribution in [1.82, 2.24) is 10.2 Å². The first-order chi connectivity index (χ1) is 7.74. The van der Waals surface area contributed by atoms with E-state index in [1.807, 2.05) is 0 Å². The smallest absolute Gasteiger partial charge is 0.0252 e. The molecule has 0 spiro atoms. The van der Waals surface area contributed by atoms with Crippen LogP contribution < -0.4 is 5.32 Å². The molecular weight excluding hydrogens is 208 g/mol. The van der Waals surface area contributed by atoms with E-state index in [0.717, 1.165) is 12.5 Å². The third kappa shape index (κ3) is 4.97. The predicted molar refractivity (Wildman–Crippen MR) is 76.4 cm³/mol. The van der Waals surface area contributed by atoms with Gasteiger partial charge in [0.05, 0.1) is 0 Å². The van der Waals surface area contributed by atoms with Crippen molar-refractivity contribution in [3.8, 4) is 0 Å². The summed E-state index contributed by atoms with van der Waals surface area (Å²) in [4.78, 5) is 2.63. The number of likely N-dealkylation sites (N-methyl/N-ethyl adjacent to an activating group) is 1. The van der Waals surface area contributed by atoms with E-state index in [1.165, 1.54) is 32.5 Å². The summed E-state index contributed by atoms with van der Waals surface area (Å²) in [6.07, 6.45) is 2.73. The lowest BCUT2D eigenvalue weighted by Crippen LogP contribution is -2.51. The first-order valence-electron chi connectivity index (χ1n) is 7.22. The number of likely N-dealkylation sites (tertiary alicyclic amines) is 1. The highest BCUT2D eigenvalue weighted by molar-refractivity contribution is 4.86. The standard InChI is InChI=1S/C15H32N2/c1-7-16-15(5,6)12-17-10-8-13(9-11-17)14(2,3)4/h13,16H,7-12H2,1-6H3. The van der Waals surface area contributed by atoms with Gasteiger partial charge in [0, 0.05) is 12.1 Å². The first-order valence-corrected chi connectivity index (χ1v) is 7.22. The maximum atomic E-state index is 3.57. The predicted octanol–water partition coefficient (Wildman–Crippen LogP) is 3.13. The van der Waals surface area contributed by atoms with E-state index in [-0.39, 0.29) is 5.54 Å². The van der Waals surface area contributed by atoms with Crippen LogP contribution in [-0.4, -0.2) is 36.6 Å². The third-order valence-corrected chi connectivity index (χ3v) is 4.09. The second-order valence-corrected chi connectivity index (χ2v) is 7.33. The maximum absolute atomic E-state index is 3.57. The molecule has 0 atom stereocenters. The largest absolute Gasteiger partial charge is 0.311 e. The minimum Gasteiger partial charge on any atom is -0.311 e. The van der Waals surface area contributed by atoms with Gasteiger partial charge in [-0.2, -0.15) is 0 Å². The number of hydrogen-bond acceptors (Lipinski definition) is 2. The minimum atomic E-state index is 0.253. The number of hydrogen-bond donors (Lipinski definition) is 1. The van der Waals surface area contributed by atoms with Crippen LogP contribution in [0.3, 0.4) is 0 Å². The molecule has 1 aliphatic heterocycles. The van der Waals surface area contributed by atoms with Crippen molar-refractivity contribution in [2.24, 2.45) is 11.3 Å². The van der Waals surface area contributed by atoms with Crippen LogP contribution >= 0.6 is 0 Å². The third-order valence-electron chi connectivity index (χ3n) is 4.09. The summed E-state index contributed by atoms with van der Waals surface area (Å²) in [6.45, 7) is 18.8. The van der Waals surface area contributed by atoms with Gasteiger partial charge in [0.1, 0.15) is 0 Å². The van der Waals surface area contributed by atoms with E-state index < -0.39 is 0 Å². The lowest BCUT2D eigenvalue weighted by molar-refractivity contribution is 0.0942. The Morgan fingerprint density at radius 3 is 2.00 bits per heavy atom. The average molecular weight is 240 g/mol. The molecule has 17 heavy (non-hydrogen) atoms. The zero-order valence-corrected chi connectivity index (χ0v) is 12.8. The summed E-state index contributed by atoms with van der Waals surface area (Å²) in [5.74, 6) is 0.904. The molecule has 1 rings (SSSR count). The molecule has 1 fully saturated rings. The summed E-state index contributed by atoms with van der Waals surface area (Å²) in [5, 5.41) is 3.57. The van der Waals surface area contributed by atoms with Crippen molar-refractivity contribution in [3.05, 3.63) is 0 Å². The van der Waals surface area contributed by atoms with Crippen LogP contribution in [0.15, 0.2) is 0 Å². The minimum absolute atomic E-state index is 0.253. The van der Waals surface area contributed by atoms with Crippen molar-refractivity contribution in [3.63, 3.8) is 0 Å². The molecule has 0 amide bonds. The van der Waals surface area contributed by atoms with Gasteiger partial charge < -0.3 is 10.2 Å². The normalized spacial score (nSPS) is 20.8. The summed E-state index contributed by atoms with van der Waals surface area (Å²) < 4.78 is 0. The summed E-state index contributed by atoms with van der Waals surface area (Å²) >= 11 is 0. The average Bonchev–Trinajstić information content (AvgIpc) is 2.16. The summed E-state index contributed by atoms with van der Waals surface area (Å²) in [6, 6.07) is 0. The summed E-state index contributed by atoms with van der Waals surface area (Å²) in [7, 11) is 0. The van der Waals surface area contributed by atoms with Crippen LogP contribution in [-0.2, 0) is 0 Å². The van der Waals surface area contributed by atoms with Crippen LogP contribution in [0.5, 0.6) is 0 Å². The Kier molecular flexibility index (Phi) is 5.03. The second kappa shape index (κ2) is 5.71.